The Kier molecular flexibility index (Phi) is 7.87. The van der Waals surface area contributed by atoms with Crippen LogP contribution in [-0.4, -0.2) is 78.0 Å². The molecule has 0 spiro atoms. The van der Waals surface area contributed by atoms with E-state index in [4.69, 9.17) is 11.0 Å². The van der Waals surface area contributed by atoms with Crippen LogP contribution in [0.4, 0.5) is 29.1 Å². The van der Waals surface area contributed by atoms with Gasteiger partial charge in [0.25, 0.3) is 5.91 Å². The molecule has 0 bridgehead atoms. The van der Waals surface area contributed by atoms with Crippen molar-refractivity contribution in [2.75, 3.05) is 31.5 Å². The number of carbonyl (C=O) groups excluding carboxylic acids is 2. The number of nitrogens with one attached hydrogen (secondary N) is 1. The van der Waals surface area contributed by atoms with Gasteiger partial charge in [-0.1, -0.05) is 0 Å². The molecule has 4 heterocycles. The zero-order chi connectivity index (χ0) is 31.9. The number of anilines is 2. The normalized spacial score (nSPS) is 18.8. The van der Waals surface area contributed by atoms with Crippen molar-refractivity contribution < 1.29 is 27.2 Å². The molecule has 2 amide bonds. The van der Waals surface area contributed by atoms with Crippen LogP contribution in [0.2, 0.25) is 0 Å². The first-order valence-electron chi connectivity index (χ1n) is 14.3. The Morgan fingerprint density at radius 2 is 1.87 bits per heavy atom. The predicted molar refractivity (Wildman–Crippen MR) is 152 cm³/mol. The molecule has 45 heavy (non-hydrogen) atoms. The number of amides is 2. The summed E-state index contributed by atoms with van der Waals surface area (Å²) in [6.07, 6.45) is 2.60. The molecule has 1 saturated heterocycles. The van der Waals surface area contributed by atoms with E-state index in [-0.39, 0.29) is 71.5 Å². The number of nitrogens with zero attached hydrogens (tertiary/aromatic N) is 8. The molecular formula is C29H28F4N10O2. The number of hydrogen-bond donors (Lipinski definition) is 2. The van der Waals surface area contributed by atoms with Gasteiger partial charge >= 0.3 is 6.18 Å². The third-order valence-corrected chi connectivity index (χ3v) is 8.13. The second-order valence-electron chi connectivity index (χ2n) is 11.1. The number of piperazine rings is 1. The summed E-state index contributed by atoms with van der Waals surface area (Å²) >= 11 is 0. The Morgan fingerprint density at radius 3 is 2.53 bits per heavy atom. The van der Waals surface area contributed by atoms with Gasteiger partial charge in [0.15, 0.2) is 17.2 Å². The van der Waals surface area contributed by atoms with Gasteiger partial charge < -0.3 is 20.9 Å². The summed E-state index contributed by atoms with van der Waals surface area (Å²) in [6.45, 7) is 0.918. The monoisotopic (exact) mass is 624 g/mol. The molecule has 3 aromatic heterocycles. The summed E-state index contributed by atoms with van der Waals surface area (Å²) in [4.78, 5) is 37.6. The Hall–Kier alpha value is -5.04. The van der Waals surface area contributed by atoms with Crippen LogP contribution in [0.5, 0.6) is 0 Å². The summed E-state index contributed by atoms with van der Waals surface area (Å²) < 4.78 is 58.7. The van der Waals surface area contributed by atoms with Crippen LogP contribution in [-0.2, 0) is 17.5 Å². The van der Waals surface area contributed by atoms with E-state index in [1.54, 1.807) is 11.0 Å². The molecule has 2 fully saturated rings. The lowest BCUT2D eigenvalue weighted by Gasteiger charge is -2.36. The Balaban J connectivity index is 1.17. The summed E-state index contributed by atoms with van der Waals surface area (Å²) in [5, 5.41) is 15.4. The quantitative estimate of drug-likeness (QED) is 0.310. The standard InChI is InChI=1S/C29H28F4N10O2/c30-22-14-19(3-4-20(22)28(45)41-11-9-40(10-12-41)27(44)17-1-2-18(35)13-17)38-25-26-37-15-23(43(26)8-6-36-25)21-16-42(7-5-34)39-24(21)29(31,32)33/h3-4,6,8,14-18H,1-2,7,9-13,35H2,(H,36,38)/t17?,18-/m1/s1. The fraction of sp³-hybridized carbons (Fsp3) is 0.379. The first kappa shape index (κ1) is 30.0. The lowest BCUT2D eigenvalue weighted by molar-refractivity contribution is -0.141. The Bertz CT molecular complexity index is 1800. The van der Waals surface area contributed by atoms with E-state index in [0.29, 0.717) is 19.5 Å². The summed E-state index contributed by atoms with van der Waals surface area (Å²) in [6, 6.07) is 5.76. The van der Waals surface area contributed by atoms with E-state index in [9.17, 15) is 22.8 Å². The first-order chi connectivity index (χ1) is 21.5. The molecule has 2 atom stereocenters. The van der Waals surface area contributed by atoms with E-state index in [1.807, 2.05) is 0 Å². The SMILES string of the molecule is N#CCn1cc(-c2cnc3c(Nc4ccc(C(=O)N5CCN(C(=O)C6CC[C@@H](N)C6)CC5)c(F)c4)nccn23)c(C(F)(F)F)n1. The van der Waals surface area contributed by atoms with Crippen molar-refractivity contribution in [3.63, 3.8) is 0 Å². The fourth-order valence-corrected chi connectivity index (χ4v) is 5.88. The van der Waals surface area contributed by atoms with Crippen LogP contribution in [0.1, 0.15) is 35.3 Å². The van der Waals surface area contributed by atoms with Crippen LogP contribution >= 0.6 is 0 Å². The molecule has 0 radical (unpaired) electrons. The molecule has 1 saturated carbocycles. The van der Waals surface area contributed by atoms with Crippen LogP contribution in [0.15, 0.2) is 43.0 Å². The molecular weight excluding hydrogens is 596 g/mol. The number of aromatic nitrogens is 5. The van der Waals surface area contributed by atoms with Gasteiger partial charge in [-0.15, -0.1) is 0 Å². The van der Waals surface area contributed by atoms with Crippen molar-refractivity contribution >= 4 is 29.0 Å². The lowest BCUT2D eigenvalue weighted by atomic mass is 10.1. The van der Waals surface area contributed by atoms with E-state index >= 15 is 4.39 Å². The number of fused-ring (bicyclic) bond motifs is 1. The second-order valence-corrected chi connectivity index (χ2v) is 11.1. The number of hydrogen-bond acceptors (Lipinski definition) is 8. The van der Waals surface area contributed by atoms with Crippen molar-refractivity contribution in [2.24, 2.45) is 11.7 Å². The van der Waals surface area contributed by atoms with E-state index in [2.05, 4.69) is 20.4 Å². The summed E-state index contributed by atoms with van der Waals surface area (Å²) in [7, 11) is 0. The molecule has 1 aliphatic heterocycles. The van der Waals surface area contributed by atoms with Crippen molar-refractivity contribution in [1.82, 2.24) is 33.9 Å². The minimum Gasteiger partial charge on any atom is -0.339 e. The molecule has 4 aromatic rings. The first-order valence-corrected chi connectivity index (χ1v) is 14.3. The van der Waals surface area contributed by atoms with Crippen molar-refractivity contribution in [2.45, 2.75) is 38.0 Å². The predicted octanol–water partition coefficient (Wildman–Crippen LogP) is 3.43. The number of benzene rings is 1. The van der Waals surface area contributed by atoms with Gasteiger partial charge in [0.1, 0.15) is 12.4 Å². The van der Waals surface area contributed by atoms with E-state index in [1.165, 1.54) is 40.0 Å². The number of nitrogens with two attached hydrogens (primary N) is 1. The molecule has 3 N–H and O–H groups in total. The maximum absolute atomic E-state index is 15.2. The highest BCUT2D eigenvalue weighted by Gasteiger charge is 2.38. The van der Waals surface area contributed by atoms with Crippen molar-refractivity contribution in [3.8, 4) is 17.3 Å². The summed E-state index contributed by atoms with van der Waals surface area (Å²) in [5.41, 5.74) is 4.82. The van der Waals surface area contributed by atoms with Gasteiger partial charge in [0, 0.05) is 62.4 Å². The number of rotatable bonds is 6. The molecule has 234 valence electrons. The second kappa shape index (κ2) is 11.8. The van der Waals surface area contributed by atoms with E-state index < -0.39 is 23.6 Å². The van der Waals surface area contributed by atoms with Crippen LogP contribution in [0.3, 0.4) is 0 Å². The molecule has 1 aliphatic carbocycles. The molecule has 1 aromatic carbocycles. The molecule has 16 heteroatoms. The van der Waals surface area contributed by atoms with Crippen molar-refractivity contribution in [3.05, 3.63) is 60.1 Å². The zero-order valence-corrected chi connectivity index (χ0v) is 23.8. The molecule has 6 rings (SSSR count). The van der Waals surface area contributed by atoms with Gasteiger partial charge in [-0.05, 0) is 37.5 Å². The van der Waals surface area contributed by atoms with Crippen LogP contribution in [0, 0.1) is 23.1 Å². The average molecular weight is 625 g/mol. The number of imidazole rings is 1. The molecule has 2 aliphatic rings. The number of halogens is 4. The largest absolute Gasteiger partial charge is 0.435 e. The number of carbonyl (C=O) groups is 2. The average Bonchev–Trinajstić information content (AvgIpc) is 3.75. The van der Waals surface area contributed by atoms with Crippen molar-refractivity contribution in [1.29, 1.82) is 5.26 Å². The zero-order valence-electron chi connectivity index (χ0n) is 23.8. The highest BCUT2D eigenvalue weighted by Crippen LogP contribution is 2.37. The minimum atomic E-state index is -4.78. The van der Waals surface area contributed by atoms with Gasteiger partial charge in [-0.25, -0.2) is 14.4 Å². The fourth-order valence-electron chi connectivity index (χ4n) is 5.88. The van der Waals surface area contributed by atoms with Gasteiger partial charge in [-0.3, -0.25) is 18.7 Å². The Labute approximate surface area is 254 Å². The minimum absolute atomic E-state index is 0.0430. The molecule has 12 nitrogen and oxygen atoms in total. The van der Waals surface area contributed by atoms with Gasteiger partial charge in [0.2, 0.25) is 5.91 Å². The smallest absolute Gasteiger partial charge is 0.339 e. The van der Waals surface area contributed by atoms with Gasteiger partial charge in [0.05, 0.1) is 29.1 Å². The maximum atomic E-state index is 15.2. The highest BCUT2D eigenvalue weighted by atomic mass is 19.4. The lowest BCUT2D eigenvalue weighted by Crippen LogP contribution is -2.52. The Morgan fingerprint density at radius 1 is 1.11 bits per heavy atom. The third-order valence-electron chi connectivity index (χ3n) is 8.13. The topological polar surface area (TPSA) is 150 Å². The highest BCUT2D eigenvalue weighted by molar-refractivity contribution is 5.95. The number of nitriles is 1. The number of alkyl halides is 3. The van der Waals surface area contributed by atoms with Crippen LogP contribution < -0.4 is 11.1 Å². The van der Waals surface area contributed by atoms with Crippen LogP contribution in [0.25, 0.3) is 16.9 Å². The van der Waals surface area contributed by atoms with E-state index in [0.717, 1.165) is 29.8 Å². The van der Waals surface area contributed by atoms with Gasteiger partial charge in [-0.2, -0.15) is 23.5 Å². The summed E-state index contributed by atoms with van der Waals surface area (Å²) in [5.74, 6) is -1.17. The third kappa shape index (κ3) is 5.90. The molecule has 1 unspecified atom stereocenters. The maximum Gasteiger partial charge on any atom is 0.435 e.